The molecule has 0 saturated carbocycles. The molecule has 0 unspecified atom stereocenters. The van der Waals surface area contributed by atoms with E-state index in [1.807, 2.05) is 43.4 Å². The van der Waals surface area contributed by atoms with Gasteiger partial charge in [-0.15, -0.1) is 0 Å². The number of hydrogen-bond donors (Lipinski definition) is 2. The van der Waals surface area contributed by atoms with Gasteiger partial charge in [0.05, 0.1) is 12.1 Å². The molecule has 2 aromatic carbocycles. The van der Waals surface area contributed by atoms with Crippen molar-refractivity contribution in [1.29, 1.82) is 0 Å². The highest BCUT2D eigenvalue weighted by Gasteiger charge is 2.13. The van der Waals surface area contributed by atoms with E-state index in [0.29, 0.717) is 28.2 Å². The highest BCUT2D eigenvalue weighted by molar-refractivity contribution is 6.32. The summed E-state index contributed by atoms with van der Waals surface area (Å²) in [7, 11) is 3.56. The summed E-state index contributed by atoms with van der Waals surface area (Å²) in [6, 6.07) is 11.4. The van der Waals surface area contributed by atoms with Gasteiger partial charge in [0.25, 0.3) is 0 Å². The molecule has 0 aliphatic heterocycles. The topological polar surface area (TPSA) is 42.5 Å². The van der Waals surface area contributed by atoms with Crippen molar-refractivity contribution < 1.29 is 9.47 Å². The Morgan fingerprint density at radius 3 is 2.56 bits per heavy atom. The first-order chi connectivity index (χ1) is 12.2. The van der Waals surface area contributed by atoms with Gasteiger partial charge in [-0.1, -0.05) is 41.4 Å². The van der Waals surface area contributed by atoms with Crippen molar-refractivity contribution in [2.24, 2.45) is 0 Å². The molecule has 0 fully saturated rings. The van der Waals surface area contributed by atoms with Crippen LogP contribution >= 0.6 is 23.2 Å². The average molecular weight is 383 g/mol. The van der Waals surface area contributed by atoms with E-state index in [4.69, 9.17) is 32.7 Å². The standard InChI is InChI=1S/C19H24Cl2N2O2/c1-22-8-5-9-23-12-14-10-17(21)19(18(11-14)24-2)25-13-15-6-3-4-7-16(15)20/h3-4,6-7,10-11,22-23H,5,8-9,12-13H2,1-2H3. The monoisotopic (exact) mass is 382 g/mol. The normalized spacial score (nSPS) is 10.7. The summed E-state index contributed by atoms with van der Waals surface area (Å²) >= 11 is 12.6. The van der Waals surface area contributed by atoms with Crippen LogP contribution in [-0.2, 0) is 13.2 Å². The van der Waals surface area contributed by atoms with Crippen LogP contribution in [0.5, 0.6) is 11.5 Å². The van der Waals surface area contributed by atoms with Crippen molar-refractivity contribution in [2.75, 3.05) is 27.2 Å². The first-order valence-electron chi connectivity index (χ1n) is 8.23. The van der Waals surface area contributed by atoms with Crippen LogP contribution < -0.4 is 20.1 Å². The van der Waals surface area contributed by atoms with Crippen LogP contribution in [0.4, 0.5) is 0 Å². The number of ether oxygens (including phenoxy) is 2. The van der Waals surface area contributed by atoms with E-state index in [1.54, 1.807) is 7.11 Å². The Morgan fingerprint density at radius 1 is 1.04 bits per heavy atom. The molecule has 0 bridgehead atoms. The Bertz CT molecular complexity index is 680. The van der Waals surface area contributed by atoms with Gasteiger partial charge in [-0.05, 0) is 50.3 Å². The number of halogens is 2. The van der Waals surface area contributed by atoms with E-state index in [0.717, 1.165) is 37.2 Å². The minimum absolute atomic E-state index is 0.331. The third-order valence-corrected chi connectivity index (χ3v) is 4.38. The fourth-order valence-corrected chi connectivity index (χ4v) is 2.88. The summed E-state index contributed by atoms with van der Waals surface area (Å²) in [6.45, 7) is 2.99. The lowest BCUT2D eigenvalue weighted by Crippen LogP contribution is -2.19. The molecule has 2 rings (SSSR count). The maximum Gasteiger partial charge on any atom is 0.180 e. The van der Waals surface area contributed by atoms with Crippen LogP contribution in [0, 0.1) is 0 Å². The maximum atomic E-state index is 6.41. The highest BCUT2D eigenvalue weighted by Crippen LogP contribution is 2.37. The van der Waals surface area contributed by atoms with Crippen molar-refractivity contribution in [2.45, 2.75) is 19.6 Å². The zero-order valence-electron chi connectivity index (χ0n) is 14.6. The van der Waals surface area contributed by atoms with Crippen LogP contribution in [0.1, 0.15) is 17.5 Å². The van der Waals surface area contributed by atoms with Crippen molar-refractivity contribution in [3.05, 3.63) is 57.6 Å². The highest BCUT2D eigenvalue weighted by atomic mass is 35.5. The van der Waals surface area contributed by atoms with E-state index >= 15 is 0 Å². The second-order valence-electron chi connectivity index (χ2n) is 5.62. The lowest BCUT2D eigenvalue weighted by Gasteiger charge is -2.15. The molecule has 2 aromatic rings. The van der Waals surface area contributed by atoms with Crippen molar-refractivity contribution >= 4 is 23.2 Å². The quantitative estimate of drug-likeness (QED) is 0.601. The second-order valence-corrected chi connectivity index (χ2v) is 6.44. The van der Waals surface area contributed by atoms with Crippen molar-refractivity contribution in [1.82, 2.24) is 10.6 Å². The fraction of sp³-hybridized carbons (Fsp3) is 0.368. The molecule has 136 valence electrons. The van der Waals surface area contributed by atoms with Gasteiger partial charge in [-0.25, -0.2) is 0 Å². The molecule has 0 radical (unpaired) electrons. The molecular formula is C19H24Cl2N2O2. The summed E-state index contributed by atoms with van der Waals surface area (Å²) in [5.74, 6) is 1.15. The van der Waals surface area contributed by atoms with Crippen molar-refractivity contribution in [3.8, 4) is 11.5 Å². The minimum atomic E-state index is 0.331. The molecular weight excluding hydrogens is 359 g/mol. The Hall–Kier alpha value is -1.46. The van der Waals surface area contributed by atoms with Gasteiger partial charge < -0.3 is 20.1 Å². The Kier molecular flexibility index (Phi) is 8.35. The summed E-state index contributed by atoms with van der Waals surface area (Å²) < 4.78 is 11.3. The molecule has 4 nitrogen and oxygen atoms in total. The largest absolute Gasteiger partial charge is 0.493 e. The molecule has 0 aromatic heterocycles. The van der Waals surface area contributed by atoms with E-state index < -0.39 is 0 Å². The molecule has 0 amide bonds. The molecule has 0 saturated heterocycles. The minimum Gasteiger partial charge on any atom is -0.493 e. The lowest BCUT2D eigenvalue weighted by molar-refractivity contribution is 0.284. The lowest BCUT2D eigenvalue weighted by atomic mass is 10.2. The Balaban J connectivity index is 2.02. The zero-order chi connectivity index (χ0) is 18.1. The number of nitrogens with one attached hydrogen (secondary N) is 2. The van der Waals surface area contributed by atoms with Crippen molar-refractivity contribution in [3.63, 3.8) is 0 Å². The molecule has 0 heterocycles. The average Bonchev–Trinajstić information content (AvgIpc) is 2.61. The second kappa shape index (κ2) is 10.5. The third kappa shape index (κ3) is 6.08. The van der Waals surface area contributed by atoms with Gasteiger partial charge in [0, 0.05) is 17.1 Å². The third-order valence-electron chi connectivity index (χ3n) is 3.73. The van der Waals surface area contributed by atoms with Crippen LogP contribution in [0.15, 0.2) is 36.4 Å². The first kappa shape index (κ1) is 19.9. The summed E-state index contributed by atoms with van der Waals surface area (Å²) in [5.41, 5.74) is 1.95. The summed E-state index contributed by atoms with van der Waals surface area (Å²) in [6.07, 6.45) is 1.07. The smallest absolute Gasteiger partial charge is 0.180 e. The van der Waals surface area contributed by atoms with Gasteiger partial charge in [0.15, 0.2) is 11.5 Å². The fourth-order valence-electron chi connectivity index (χ4n) is 2.40. The maximum absolute atomic E-state index is 6.41. The van der Waals surface area contributed by atoms with E-state index in [-0.39, 0.29) is 0 Å². The molecule has 0 spiro atoms. The first-order valence-corrected chi connectivity index (χ1v) is 8.99. The Morgan fingerprint density at radius 2 is 1.84 bits per heavy atom. The van der Waals surface area contributed by atoms with Gasteiger partial charge >= 0.3 is 0 Å². The van der Waals surface area contributed by atoms with E-state index in [9.17, 15) is 0 Å². The molecule has 2 N–H and O–H groups in total. The summed E-state index contributed by atoms with van der Waals surface area (Å²) in [4.78, 5) is 0. The number of hydrogen-bond acceptors (Lipinski definition) is 4. The van der Waals surface area contributed by atoms with Crippen LogP contribution in [0.2, 0.25) is 10.0 Å². The zero-order valence-corrected chi connectivity index (χ0v) is 16.1. The Labute approximate surface area is 159 Å². The van der Waals surface area contributed by atoms with E-state index in [1.165, 1.54) is 0 Å². The number of benzene rings is 2. The number of rotatable bonds is 10. The molecule has 0 aliphatic carbocycles. The SMILES string of the molecule is CNCCCNCc1cc(Cl)c(OCc2ccccc2Cl)c(OC)c1. The van der Waals surface area contributed by atoms with E-state index in [2.05, 4.69) is 10.6 Å². The molecule has 6 heteroatoms. The van der Waals surface area contributed by atoms with Gasteiger partial charge in [0.2, 0.25) is 0 Å². The summed E-state index contributed by atoms with van der Waals surface area (Å²) in [5, 5.41) is 7.71. The molecule has 0 aliphatic rings. The predicted molar refractivity (Wildman–Crippen MR) is 104 cm³/mol. The van der Waals surface area contributed by atoms with Crippen LogP contribution in [-0.4, -0.2) is 27.2 Å². The van der Waals surface area contributed by atoms with Crippen LogP contribution in [0.3, 0.4) is 0 Å². The molecule has 0 atom stereocenters. The van der Waals surface area contributed by atoms with Gasteiger partial charge in [0.1, 0.15) is 6.61 Å². The van der Waals surface area contributed by atoms with Crippen LogP contribution in [0.25, 0.3) is 0 Å². The van der Waals surface area contributed by atoms with Gasteiger partial charge in [-0.2, -0.15) is 0 Å². The van der Waals surface area contributed by atoms with Gasteiger partial charge in [-0.3, -0.25) is 0 Å². The number of methoxy groups -OCH3 is 1. The predicted octanol–water partition coefficient (Wildman–Crippen LogP) is 4.28. The molecule has 25 heavy (non-hydrogen) atoms.